The highest BCUT2D eigenvalue weighted by Crippen LogP contribution is 2.25. The molecule has 1 aromatic carbocycles. The fourth-order valence-electron chi connectivity index (χ4n) is 3.45. The smallest absolute Gasteiger partial charge is 0.231 e. The van der Waals surface area contributed by atoms with E-state index < -0.39 is 0 Å². The highest BCUT2D eigenvalue weighted by atomic mass is 16.5. The van der Waals surface area contributed by atoms with Crippen LogP contribution >= 0.6 is 0 Å². The molecule has 0 atom stereocenters. The highest BCUT2D eigenvalue weighted by Gasteiger charge is 2.22. The molecule has 0 aliphatic heterocycles. The number of amides is 1. The number of carbonyl (C=O) groups is 1. The zero-order valence-electron chi connectivity index (χ0n) is 15.8. The molecule has 1 aliphatic rings. The molecule has 3 aromatic rings. The summed E-state index contributed by atoms with van der Waals surface area (Å²) in [7, 11) is 1.62. The van der Waals surface area contributed by atoms with Gasteiger partial charge in [0.25, 0.3) is 0 Å². The number of benzene rings is 1. The molecule has 0 radical (unpaired) electrons. The topological polar surface area (TPSA) is 90.6 Å². The van der Waals surface area contributed by atoms with Crippen LogP contribution in [-0.4, -0.2) is 46.0 Å². The first-order chi connectivity index (χ1) is 13.7. The van der Waals surface area contributed by atoms with E-state index in [-0.39, 0.29) is 11.8 Å². The zero-order valence-corrected chi connectivity index (χ0v) is 15.8. The molecule has 0 unspecified atom stereocenters. The first-order valence-electron chi connectivity index (χ1n) is 9.52. The van der Waals surface area contributed by atoms with Gasteiger partial charge >= 0.3 is 0 Å². The molecule has 1 aliphatic carbocycles. The van der Waals surface area contributed by atoms with Crippen LogP contribution in [0.4, 0.5) is 0 Å². The van der Waals surface area contributed by atoms with Crippen LogP contribution in [0, 0.1) is 5.92 Å². The first kappa shape index (κ1) is 18.2. The molecule has 8 nitrogen and oxygen atoms in total. The Morgan fingerprint density at radius 2 is 2.07 bits per heavy atom. The number of hydrogen-bond acceptors (Lipinski definition) is 6. The monoisotopic (exact) mass is 381 g/mol. The van der Waals surface area contributed by atoms with Crippen molar-refractivity contribution in [1.29, 1.82) is 0 Å². The summed E-state index contributed by atoms with van der Waals surface area (Å²) in [5, 5.41) is 15.8. The molecule has 28 heavy (non-hydrogen) atoms. The molecule has 0 spiro atoms. The molecule has 1 fully saturated rings. The quantitative estimate of drug-likeness (QED) is 0.633. The van der Waals surface area contributed by atoms with Crippen molar-refractivity contribution in [2.24, 2.45) is 5.92 Å². The molecule has 0 bridgehead atoms. The van der Waals surface area contributed by atoms with Crippen LogP contribution in [0.3, 0.4) is 0 Å². The number of rotatable bonds is 7. The van der Waals surface area contributed by atoms with Gasteiger partial charge in [-0.3, -0.25) is 4.79 Å². The number of fused-ring (bicyclic) bond motifs is 1. The normalized spacial score (nSPS) is 14.3. The van der Waals surface area contributed by atoms with Gasteiger partial charge < -0.3 is 14.8 Å². The van der Waals surface area contributed by atoms with Gasteiger partial charge in [-0.1, -0.05) is 25.0 Å². The van der Waals surface area contributed by atoms with Gasteiger partial charge in [-0.2, -0.15) is 4.52 Å². The van der Waals surface area contributed by atoms with Crippen molar-refractivity contribution < 1.29 is 14.3 Å². The van der Waals surface area contributed by atoms with Crippen molar-refractivity contribution in [2.45, 2.75) is 25.7 Å². The lowest BCUT2D eigenvalue weighted by atomic mass is 10.1. The Hall–Kier alpha value is -3.16. The Morgan fingerprint density at radius 3 is 2.89 bits per heavy atom. The van der Waals surface area contributed by atoms with Gasteiger partial charge in [0.05, 0.1) is 13.7 Å². The van der Waals surface area contributed by atoms with Gasteiger partial charge in [-0.15, -0.1) is 15.3 Å². The van der Waals surface area contributed by atoms with E-state index in [0.29, 0.717) is 30.5 Å². The van der Waals surface area contributed by atoms with Crippen LogP contribution in [0.15, 0.2) is 36.4 Å². The molecule has 0 saturated heterocycles. The molecule has 146 valence electrons. The second-order valence-electron chi connectivity index (χ2n) is 6.82. The Kier molecular flexibility index (Phi) is 5.36. The summed E-state index contributed by atoms with van der Waals surface area (Å²) in [6.07, 6.45) is 4.28. The van der Waals surface area contributed by atoms with E-state index >= 15 is 0 Å². The van der Waals surface area contributed by atoms with E-state index in [0.717, 1.165) is 37.0 Å². The maximum absolute atomic E-state index is 12.0. The van der Waals surface area contributed by atoms with Crippen LogP contribution in [0.2, 0.25) is 0 Å². The second-order valence-corrected chi connectivity index (χ2v) is 6.82. The molecular formula is C20H23N5O3. The van der Waals surface area contributed by atoms with E-state index in [2.05, 4.69) is 20.6 Å². The van der Waals surface area contributed by atoms with Gasteiger partial charge in [-0.05, 0) is 31.0 Å². The summed E-state index contributed by atoms with van der Waals surface area (Å²) in [6.45, 7) is 0.813. The van der Waals surface area contributed by atoms with E-state index in [9.17, 15) is 4.79 Å². The van der Waals surface area contributed by atoms with Gasteiger partial charge in [-0.25, -0.2) is 0 Å². The summed E-state index contributed by atoms with van der Waals surface area (Å²) >= 11 is 0. The third-order valence-corrected chi connectivity index (χ3v) is 4.94. The van der Waals surface area contributed by atoms with Crippen molar-refractivity contribution >= 4 is 11.6 Å². The fourth-order valence-corrected chi connectivity index (χ4v) is 3.45. The average Bonchev–Trinajstić information content (AvgIpc) is 3.41. The highest BCUT2D eigenvalue weighted by molar-refractivity contribution is 5.78. The van der Waals surface area contributed by atoms with Crippen molar-refractivity contribution in [2.75, 3.05) is 20.3 Å². The van der Waals surface area contributed by atoms with Crippen LogP contribution < -0.4 is 14.8 Å². The molecule has 2 aromatic heterocycles. The summed E-state index contributed by atoms with van der Waals surface area (Å²) < 4.78 is 12.6. The second kappa shape index (κ2) is 8.24. The average molecular weight is 381 g/mol. The number of nitrogens with zero attached hydrogens (tertiary/aromatic N) is 4. The van der Waals surface area contributed by atoms with E-state index in [1.807, 2.05) is 24.3 Å². The minimum atomic E-state index is 0.128. The SMILES string of the molecule is COc1cccc(-c2nnc3ccc(OCCNC(=O)C4CCCC4)nn23)c1. The minimum absolute atomic E-state index is 0.128. The van der Waals surface area contributed by atoms with Crippen LogP contribution in [0.5, 0.6) is 11.6 Å². The largest absolute Gasteiger partial charge is 0.497 e. The van der Waals surface area contributed by atoms with E-state index in [4.69, 9.17) is 9.47 Å². The van der Waals surface area contributed by atoms with Crippen molar-refractivity contribution in [3.63, 3.8) is 0 Å². The number of nitrogens with one attached hydrogen (secondary N) is 1. The summed E-state index contributed by atoms with van der Waals surface area (Å²) in [5.74, 6) is 2.08. The van der Waals surface area contributed by atoms with Gasteiger partial charge in [0, 0.05) is 17.5 Å². The molecule has 4 rings (SSSR count). The Balaban J connectivity index is 1.41. The number of hydrogen-bond donors (Lipinski definition) is 1. The Labute approximate surface area is 162 Å². The molecule has 8 heteroatoms. The fraction of sp³-hybridized carbons (Fsp3) is 0.400. The predicted octanol–water partition coefficient (Wildman–Crippen LogP) is 2.49. The summed E-state index contributed by atoms with van der Waals surface area (Å²) in [4.78, 5) is 12.0. The number of methoxy groups -OCH3 is 1. The van der Waals surface area contributed by atoms with Gasteiger partial charge in [0.15, 0.2) is 11.5 Å². The van der Waals surface area contributed by atoms with Crippen LogP contribution in [-0.2, 0) is 4.79 Å². The lowest BCUT2D eigenvalue weighted by Crippen LogP contribution is -2.32. The Bertz CT molecular complexity index is 965. The van der Waals surface area contributed by atoms with Crippen molar-refractivity contribution in [3.05, 3.63) is 36.4 Å². The molecule has 1 amide bonds. The Morgan fingerprint density at radius 1 is 1.21 bits per heavy atom. The van der Waals surface area contributed by atoms with Crippen LogP contribution in [0.1, 0.15) is 25.7 Å². The van der Waals surface area contributed by atoms with Crippen LogP contribution in [0.25, 0.3) is 17.0 Å². The predicted molar refractivity (Wildman–Crippen MR) is 103 cm³/mol. The van der Waals surface area contributed by atoms with Crippen molar-refractivity contribution in [1.82, 2.24) is 25.1 Å². The molecular weight excluding hydrogens is 358 g/mol. The summed E-state index contributed by atoms with van der Waals surface area (Å²) in [6, 6.07) is 11.1. The third-order valence-electron chi connectivity index (χ3n) is 4.94. The number of aromatic nitrogens is 4. The molecule has 1 saturated carbocycles. The maximum Gasteiger partial charge on any atom is 0.231 e. The minimum Gasteiger partial charge on any atom is -0.497 e. The lowest BCUT2D eigenvalue weighted by Gasteiger charge is -2.11. The van der Waals surface area contributed by atoms with Crippen molar-refractivity contribution in [3.8, 4) is 23.0 Å². The van der Waals surface area contributed by atoms with E-state index in [1.54, 1.807) is 23.8 Å². The molecule has 1 N–H and O–H groups in total. The standard InChI is InChI=1S/C20H23N5O3/c1-27-16-8-4-7-15(13-16)19-23-22-17-9-10-18(24-25(17)19)28-12-11-21-20(26)14-5-2-3-6-14/h4,7-10,13-14H,2-3,5-6,11-12H2,1H3,(H,21,26). The lowest BCUT2D eigenvalue weighted by molar-refractivity contribution is -0.124. The maximum atomic E-state index is 12.0. The van der Waals surface area contributed by atoms with Gasteiger partial charge in [0.2, 0.25) is 11.8 Å². The number of ether oxygens (including phenoxy) is 2. The number of carbonyl (C=O) groups excluding carboxylic acids is 1. The first-order valence-corrected chi connectivity index (χ1v) is 9.52. The third kappa shape index (κ3) is 3.90. The van der Waals surface area contributed by atoms with E-state index in [1.165, 1.54) is 0 Å². The van der Waals surface area contributed by atoms with Gasteiger partial charge in [0.1, 0.15) is 12.4 Å². The zero-order chi connectivity index (χ0) is 19.3. The molecule has 2 heterocycles. The summed E-state index contributed by atoms with van der Waals surface area (Å²) in [5.41, 5.74) is 1.47.